The number of aryl methyl sites for hydroxylation is 1. The number of hydrogen-bond acceptors (Lipinski definition) is 7. The summed E-state index contributed by atoms with van der Waals surface area (Å²) in [5.74, 6) is 1.19. The molecule has 0 aliphatic rings. The maximum atomic E-state index is 13.0. The standard InChI is InChI=1S/C18H21N5O3S/c1-12-8-18(23-22-12)21-17-10-15(9-16(20-17)19-11-13(2)24)27(25,26)14-6-4-3-5-7-14/h3-10,13,24H,11H2,1-2H3,(H3,19,20,21,22,23)/t13-/m0/s1. The molecule has 3 rings (SSSR count). The number of aliphatic hydroxyl groups excluding tert-OH is 1. The first-order valence-corrected chi connectivity index (χ1v) is 9.86. The monoisotopic (exact) mass is 387 g/mol. The van der Waals surface area contributed by atoms with Gasteiger partial charge in [0.2, 0.25) is 9.84 Å². The maximum Gasteiger partial charge on any atom is 0.206 e. The number of anilines is 3. The molecule has 27 heavy (non-hydrogen) atoms. The third kappa shape index (κ3) is 4.63. The number of hydrogen-bond donors (Lipinski definition) is 4. The summed E-state index contributed by atoms with van der Waals surface area (Å²) in [6, 6.07) is 12.9. The number of rotatable bonds is 7. The van der Waals surface area contributed by atoms with Gasteiger partial charge in [0.25, 0.3) is 0 Å². The van der Waals surface area contributed by atoms with E-state index in [9.17, 15) is 13.5 Å². The minimum atomic E-state index is -3.72. The molecule has 0 unspecified atom stereocenters. The highest BCUT2D eigenvalue weighted by molar-refractivity contribution is 7.91. The molecular formula is C18H21N5O3S. The molecule has 0 bridgehead atoms. The molecule has 0 radical (unpaired) electrons. The minimum absolute atomic E-state index is 0.0894. The molecule has 0 saturated carbocycles. The van der Waals surface area contributed by atoms with E-state index < -0.39 is 15.9 Å². The van der Waals surface area contributed by atoms with E-state index in [0.717, 1.165) is 5.69 Å². The van der Waals surface area contributed by atoms with Crippen LogP contribution in [0.1, 0.15) is 12.6 Å². The van der Waals surface area contributed by atoms with Crippen molar-refractivity contribution in [3.8, 4) is 0 Å². The van der Waals surface area contributed by atoms with E-state index in [2.05, 4.69) is 25.8 Å². The van der Waals surface area contributed by atoms with Gasteiger partial charge in [0.15, 0.2) is 5.82 Å². The van der Waals surface area contributed by atoms with Crippen LogP contribution >= 0.6 is 0 Å². The molecule has 142 valence electrons. The molecule has 9 heteroatoms. The van der Waals surface area contributed by atoms with E-state index in [1.54, 1.807) is 43.3 Å². The first-order valence-electron chi connectivity index (χ1n) is 8.38. The van der Waals surface area contributed by atoms with Crippen molar-refractivity contribution in [3.05, 3.63) is 54.2 Å². The predicted octanol–water partition coefficient (Wildman–Crippen LogP) is 2.48. The number of pyridine rings is 1. The highest BCUT2D eigenvalue weighted by Crippen LogP contribution is 2.26. The Kier molecular flexibility index (Phi) is 5.43. The van der Waals surface area contributed by atoms with Gasteiger partial charge in [-0.1, -0.05) is 18.2 Å². The van der Waals surface area contributed by atoms with E-state index in [0.29, 0.717) is 17.5 Å². The number of benzene rings is 1. The summed E-state index contributed by atoms with van der Waals surface area (Å²) in [4.78, 5) is 4.65. The van der Waals surface area contributed by atoms with Crippen molar-refractivity contribution < 1.29 is 13.5 Å². The largest absolute Gasteiger partial charge is 0.392 e. The average Bonchev–Trinajstić information content (AvgIpc) is 3.05. The topological polar surface area (TPSA) is 120 Å². The first-order chi connectivity index (χ1) is 12.8. The van der Waals surface area contributed by atoms with Gasteiger partial charge in [-0.25, -0.2) is 13.4 Å². The molecule has 0 saturated heterocycles. The number of nitrogens with zero attached hydrogens (tertiary/aromatic N) is 2. The molecule has 4 N–H and O–H groups in total. The second-order valence-electron chi connectivity index (χ2n) is 6.18. The van der Waals surface area contributed by atoms with E-state index in [1.165, 1.54) is 12.1 Å². The normalized spacial score (nSPS) is 12.6. The van der Waals surface area contributed by atoms with E-state index in [-0.39, 0.29) is 16.3 Å². The van der Waals surface area contributed by atoms with Gasteiger partial charge in [-0.2, -0.15) is 5.10 Å². The number of aliphatic hydroxyl groups is 1. The molecule has 0 spiro atoms. The van der Waals surface area contributed by atoms with E-state index >= 15 is 0 Å². The van der Waals surface area contributed by atoms with Crippen LogP contribution in [0.5, 0.6) is 0 Å². The third-order valence-corrected chi connectivity index (χ3v) is 5.45. The molecule has 0 fully saturated rings. The fourth-order valence-corrected chi connectivity index (χ4v) is 3.74. The lowest BCUT2D eigenvalue weighted by molar-refractivity contribution is 0.208. The summed E-state index contributed by atoms with van der Waals surface area (Å²) in [5.41, 5.74) is 0.859. The second-order valence-corrected chi connectivity index (χ2v) is 8.13. The zero-order valence-electron chi connectivity index (χ0n) is 15.0. The van der Waals surface area contributed by atoms with Crippen molar-refractivity contribution in [1.82, 2.24) is 15.2 Å². The van der Waals surface area contributed by atoms with E-state index in [1.807, 2.05) is 6.92 Å². The lowest BCUT2D eigenvalue weighted by Gasteiger charge is -2.13. The lowest BCUT2D eigenvalue weighted by Crippen LogP contribution is -2.17. The van der Waals surface area contributed by atoms with Crippen molar-refractivity contribution in [3.63, 3.8) is 0 Å². The van der Waals surface area contributed by atoms with Crippen LogP contribution in [-0.2, 0) is 9.84 Å². The number of aromatic amines is 1. The van der Waals surface area contributed by atoms with Crippen molar-refractivity contribution in [2.45, 2.75) is 29.7 Å². The van der Waals surface area contributed by atoms with E-state index in [4.69, 9.17) is 0 Å². The fourth-order valence-electron chi connectivity index (χ4n) is 2.42. The molecule has 3 aromatic rings. The zero-order valence-corrected chi connectivity index (χ0v) is 15.8. The van der Waals surface area contributed by atoms with Crippen LogP contribution in [0.2, 0.25) is 0 Å². The Bertz CT molecular complexity index is 1020. The summed E-state index contributed by atoms with van der Waals surface area (Å²) in [6.45, 7) is 3.73. The Balaban J connectivity index is 2.01. The molecule has 0 aliphatic carbocycles. The third-order valence-electron chi connectivity index (χ3n) is 3.70. The van der Waals surface area contributed by atoms with Crippen LogP contribution in [0.3, 0.4) is 0 Å². The zero-order chi connectivity index (χ0) is 19.4. The SMILES string of the molecule is Cc1cc(Nc2cc(S(=O)(=O)c3ccccc3)cc(NC[C@H](C)O)n2)n[nH]1. The van der Waals surface area contributed by atoms with Crippen molar-refractivity contribution in [1.29, 1.82) is 0 Å². The van der Waals surface area contributed by atoms with Crippen LogP contribution in [0, 0.1) is 6.92 Å². The molecule has 0 aliphatic heterocycles. The van der Waals surface area contributed by atoms with Gasteiger partial charge in [-0.3, -0.25) is 5.10 Å². The van der Waals surface area contributed by atoms with Gasteiger partial charge in [-0.05, 0) is 32.0 Å². The Morgan fingerprint density at radius 2 is 1.78 bits per heavy atom. The fraction of sp³-hybridized carbons (Fsp3) is 0.222. The first kappa shape index (κ1) is 18.9. The Morgan fingerprint density at radius 1 is 1.07 bits per heavy atom. The number of nitrogens with one attached hydrogen (secondary N) is 3. The molecule has 1 aromatic carbocycles. The summed E-state index contributed by atoms with van der Waals surface area (Å²) >= 11 is 0. The maximum absolute atomic E-state index is 13.0. The van der Waals surface area contributed by atoms with Crippen molar-refractivity contribution in [2.24, 2.45) is 0 Å². The Hall–Kier alpha value is -2.91. The molecule has 2 heterocycles. The molecule has 0 amide bonds. The molecular weight excluding hydrogens is 366 g/mol. The van der Waals surface area contributed by atoms with Gasteiger partial charge >= 0.3 is 0 Å². The number of H-pyrrole nitrogens is 1. The molecule has 1 atom stereocenters. The van der Waals surface area contributed by atoms with Crippen LogP contribution < -0.4 is 10.6 Å². The van der Waals surface area contributed by atoms with Crippen LogP contribution in [0.15, 0.2) is 58.3 Å². The van der Waals surface area contributed by atoms with Crippen molar-refractivity contribution >= 4 is 27.3 Å². The summed E-state index contributed by atoms with van der Waals surface area (Å²) in [7, 11) is -3.72. The van der Waals surface area contributed by atoms with Gasteiger partial charge in [0, 0.05) is 24.4 Å². The Morgan fingerprint density at radius 3 is 2.41 bits per heavy atom. The minimum Gasteiger partial charge on any atom is -0.392 e. The smallest absolute Gasteiger partial charge is 0.206 e. The van der Waals surface area contributed by atoms with Crippen LogP contribution in [-0.4, -0.2) is 41.4 Å². The van der Waals surface area contributed by atoms with Gasteiger partial charge in [0.05, 0.1) is 15.9 Å². The van der Waals surface area contributed by atoms with Gasteiger partial charge in [0.1, 0.15) is 11.6 Å². The summed E-state index contributed by atoms with van der Waals surface area (Å²) in [5, 5.41) is 22.3. The second kappa shape index (κ2) is 7.77. The van der Waals surface area contributed by atoms with Gasteiger partial charge < -0.3 is 15.7 Å². The van der Waals surface area contributed by atoms with Crippen LogP contribution in [0.4, 0.5) is 17.5 Å². The highest BCUT2D eigenvalue weighted by Gasteiger charge is 2.20. The molecule has 2 aromatic heterocycles. The number of sulfone groups is 1. The quantitative estimate of drug-likeness (QED) is 0.491. The van der Waals surface area contributed by atoms with Crippen LogP contribution in [0.25, 0.3) is 0 Å². The van der Waals surface area contributed by atoms with Crippen molar-refractivity contribution in [2.75, 3.05) is 17.2 Å². The predicted molar refractivity (Wildman–Crippen MR) is 103 cm³/mol. The Labute approximate surface area is 157 Å². The van der Waals surface area contributed by atoms with Gasteiger partial charge in [-0.15, -0.1) is 0 Å². The summed E-state index contributed by atoms with van der Waals surface area (Å²) < 4.78 is 26.0. The lowest BCUT2D eigenvalue weighted by atomic mass is 10.3. The average molecular weight is 387 g/mol. The summed E-state index contributed by atoms with van der Waals surface area (Å²) in [6.07, 6.45) is -0.605. The molecule has 8 nitrogen and oxygen atoms in total. The number of aromatic nitrogens is 3. The highest BCUT2D eigenvalue weighted by atomic mass is 32.2.